The smallest absolute Gasteiger partial charge is 0.163 e. The van der Waals surface area contributed by atoms with Gasteiger partial charge in [-0.2, -0.15) is 0 Å². The fourth-order valence-electron chi connectivity index (χ4n) is 1.78. The molecule has 0 aliphatic rings. The van der Waals surface area contributed by atoms with E-state index >= 15 is 0 Å². The van der Waals surface area contributed by atoms with E-state index in [1.807, 2.05) is 24.3 Å². The molecule has 104 valence electrons. The predicted molar refractivity (Wildman–Crippen MR) is 81.5 cm³/mol. The maximum absolute atomic E-state index is 11.6. The topological polar surface area (TPSA) is 35.5 Å². The Labute approximate surface area is 126 Å². The molecule has 0 saturated carbocycles. The first kappa shape index (κ1) is 14.6. The number of ketones is 1. The third-order valence-corrected chi connectivity index (χ3v) is 3.40. The molecule has 2 aromatic rings. The van der Waals surface area contributed by atoms with Crippen LogP contribution < -0.4 is 9.47 Å². The van der Waals surface area contributed by atoms with Gasteiger partial charge in [-0.3, -0.25) is 4.79 Å². The van der Waals surface area contributed by atoms with E-state index in [4.69, 9.17) is 9.47 Å². The van der Waals surface area contributed by atoms with Crippen molar-refractivity contribution in [2.75, 3.05) is 7.11 Å². The van der Waals surface area contributed by atoms with Gasteiger partial charge in [-0.25, -0.2) is 0 Å². The van der Waals surface area contributed by atoms with Crippen LogP contribution in [0.4, 0.5) is 0 Å². The molecule has 3 nitrogen and oxygen atoms in total. The molecule has 0 N–H and O–H groups in total. The van der Waals surface area contributed by atoms with Crippen LogP contribution in [-0.4, -0.2) is 12.9 Å². The van der Waals surface area contributed by atoms with Crippen LogP contribution in [0.5, 0.6) is 11.5 Å². The number of benzene rings is 2. The molecule has 0 unspecified atom stereocenters. The maximum atomic E-state index is 11.6. The number of hydrogen-bond acceptors (Lipinski definition) is 3. The molecule has 2 rings (SSSR count). The average Bonchev–Trinajstić information content (AvgIpc) is 2.46. The number of carbonyl (C=O) groups is 1. The molecule has 0 amide bonds. The Morgan fingerprint density at radius 2 is 1.85 bits per heavy atom. The van der Waals surface area contributed by atoms with Gasteiger partial charge >= 0.3 is 0 Å². The van der Waals surface area contributed by atoms with Crippen LogP contribution in [0.15, 0.2) is 46.9 Å². The number of carbonyl (C=O) groups excluding carboxylic acids is 1. The van der Waals surface area contributed by atoms with Crippen LogP contribution in [0, 0.1) is 0 Å². The van der Waals surface area contributed by atoms with E-state index < -0.39 is 0 Å². The van der Waals surface area contributed by atoms with Crippen molar-refractivity contribution in [2.45, 2.75) is 13.5 Å². The van der Waals surface area contributed by atoms with Crippen molar-refractivity contribution in [3.05, 3.63) is 58.1 Å². The molecule has 0 aromatic heterocycles. The molecule has 0 radical (unpaired) electrons. The standard InChI is InChI=1S/C16H15BrO3/c1-11(18)15-8-7-14(19-2)9-16(15)20-10-12-3-5-13(17)6-4-12/h3-9H,10H2,1-2H3. The highest BCUT2D eigenvalue weighted by Crippen LogP contribution is 2.26. The van der Waals surface area contributed by atoms with E-state index in [0.717, 1.165) is 10.0 Å². The molecule has 0 saturated heterocycles. The Hall–Kier alpha value is -1.81. The molecule has 0 aliphatic heterocycles. The van der Waals surface area contributed by atoms with Gasteiger partial charge < -0.3 is 9.47 Å². The highest BCUT2D eigenvalue weighted by molar-refractivity contribution is 9.10. The molecule has 0 aliphatic carbocycles. The summed E-state index contributed by atoms with van der Waals surface area (Å²) in [7, 11) is 1.58. The monoisotopic (exact) mass is 334 g/mol. The van der Waals surface area contributed by atoms with Crippen LogP contribution in [0.3, 0.4) is 0 Å². The van der Waals surface area contributed by atoms with Crippen LogP contribution in [0.1, 0.15) is 22.8 Å². The SMILES string of the molecule is COc1ccc(C(C)=O)c(OCc2ccc(Br)cc2)c1. The van der Waals surface area contributed by atoms with Gasteiger partial charge in [-0.1, -0.05) is 28.1 Å². The summed E-state index contributed by atoms with van der Waals surface area (Å²) in [6.07, 6.45) is 0. The summed E-state index contributed by atoms with van der Waals surface area (Å²) in [5.74, 6) is 1.18. The molecule has 0 fully saturated rings. The fraction of sp³-hybridized carbons (Fsp3) is 0.188. The molecule has 20 heavy (non-hydrogen) atoms. The Bertz CT molecular complexity index is 606. The molecule has 0 bridgehead atoms. The Morgan fingerprint density at radius 1 is 1.15 bits per heavy atom. The lowest BCUT2D eigenvalue weighted by Gasteiger charge is -2.11. The van der Waals surface area contributed by atoms with Gasteiger partial charge in [0.15, 0.2) is 5.78 Å². The summed E-state index contributed by atoms with van der Waals surface area (Å²) in [6.45, 7) is 1.93. The second-order valence-electron chi connectivity index (χ2n) is 4.33. The van der Waals surface area contributed by atoms with Crippen LogP contribution >= 0.6 is 15.9 Å². The van der Waals surface area contributed by atoms with Crippen molar-refractivity contribution in [3.8, 4) is 11.5 Å². The summed E-state index contributed by atoms with van der Waals surface area (Å²) >= 11 is 3.39. The Balaban J connectivity index is 2.18. The number of methoxy groups -OCH3 is 1. The lowest BCUT2D eigenvalue weighted by Crippen LogP contribution is -2.02. The zero-order valence-electron chi connectivity index (χ0n) is 11.4. The van der Waals surface area contributed by atoms with Gasteiger partial charge in [0, 0.05) is 10.5 Å². The van der Waals surface area contributed by atoms with Crippen molar-refractivity contribution in [2.24, 2.45) is 0 Å². The van der Waals surface area contributed by atoms with Gasteiger partial charge in [0.2, 0.25) is 0 Å². The first-order chi connectivity index (χ1) is 9.60. The number of hydrogen-bond donors (Lipinski definition) is 0. The lowest BCUT2D eigenvalue weighted by molar-refractivity contribution is 0.101. The number of halogens is 1. The van der Waals surface area contributed by atoms with Gasteiger partial charge in [-0.15, -0.1) is 0 Å². The van der Waals surface area contributed by atoms with E-state index in [1.165, 1.54) is 6.92 Å². The lowest BCUT2D eigenvalue weighted by atomic mass is 10.1. The average molecular weight is 335 g/mol. The summed E-state index contributed by atoms with van der Waals surface area (Å²) in [6, 6.07) is 13.1. The van der Waals surface area contributed by atoms with Crippen LogP contribution in [0.25, 0.3) is 0 Å². The molecule has 2 aromatic carbocycles. The Kier molecular flexibility index (Phi) is 4.79. The molecule has 0 atom stereocenters. The highest BCUT2D eigenvalue weighted by atomic mass is 79.9. The van der Waals surface area contributed by atoms with Crippen molar-refractivity contribution >= 4 is 21.7 Å². The molecular formula is C16H15BrO3. The molecular weight excluding hydrogens is 320 g/mol. The largest absolute Gasteiger partial charge is 0.497 e. The number of ether oxygens (including phenoxy) is 2. The van der Waals surface area contributed by atoms with Crippen LogP contribution in [0.2, 0.25) is 0 Å². The molecule has 0 spiro atoms. The Morgan fingerprint density at radius 3 is 2.45 bits per heavy atom. The third-order valence-electron chi connectivity index (χ3n) is 2.88. The van der Waals surface area contributed by atoms with E-state index in [0.29, 0.717) is 23.7 Å². The van der Waals surface area contributed by atoms with E-state index in [2.05, 4.69) is 15.9 Å². The normalized spacial score (nSPS) is 10.2. The minimum absolute atomic E-state index is 0.0292. The van der Waals surface area contributed by atoms with Crippen molar-refractivity contribution in [1.29, 1.82) is 0 Å². The summed E-state index contributed by atoms with van der Waals surface area (Å²) in [5.41, 5.74) is 1.59. The number of rotatable bonds is 5. The van der Waals surface area contributed by atoms with E-state index in [1.54, 1.807) is 25.3 Å². The summed E-state index contributed by atoms with van der Waals surface area (Å²) in [5, 5.41) is 0. The highest BCUT2D eigenvalue weighted by Gasteiger charge is 2.10. The zero-order chi connectivity index (χ0) is 14.5. The third kappa shape index (κ3) is 3.61. The predicted octanol–water partition coefficient (Wildman–Crippen LogP) is 4.24. The van der Waals surface area contributed by atoms with Crippen molar-refractivity contribution < 1.29 is 14.3 Å². The summed E-state index contributed by atoms with van der Waals surface area (Å²) < 4.78 is 11.9. The first-order valence-corrected chi connectivity index (χ1v) is 6.95. The second kappa shape index (κ2) is 6.57. The van der Waals surface area contributed by atoms with Gasteiger partial charge in [0.25, 0.3) is 0 Å². The fourth-order valence-corrected chi connectivity index (χ4v) is 2.05. The molecule has 4 heteroatoms. The van der Waals surface area contributed by atoms with Gasteiger partial charge in [-0.05, 0) is 36.8 Å². The summed E-state index contributed by atoms with van der Waals surface area (Å²) in [4.78, 5) is 11.6. The van der Waals surface area contributed by atoms with Gasteiger partial charge in [0.05, 0.1) is 12.7 Å². The quantitative estimate of drug-likeness (QED) is 0.767. The van der Waals surface area contributed by atoms with Gasteiger partial charge in [0.1, 0.15) is 18.1 Å². The minimum Gasteiger partial charge on any atom is -0.497 e. The van der Waals surface area contributed by atoms with Crippen LogP contribution in [-0.2, 0) is 6.61 Å². The first-order valence-electron chi connectivity index (χ1n) is 6.16. The number of Topliss-reactive ketones (excluding diaryl/α,β-unsaturated/α-hetero) is 1. The van der Waals surface area contributed by atoms with E-state index in [-0.39, 0.29) is 5.78 Å². The molecule has 0 heterocycles. The maximum Gasteiger partial charge on any atom is 0.163 e. The zero-order valence-corrected chi connectivity index (χ0v) is 12.9. The minimum atomic E-state index is -0.0292. The van der Waals surface area contributed by atoms with E-state index in [9.17, 15) is 4.79 Å². The van der Waals surface area contributed by atoms with Crippen molar-refractivity contribution in [1.82, 2.24) is 0 Å². The van der Waals surface area contributed by atoms with Crippen molar-refractivity contribution in [3.63, 3.8) is 0 Å². The second-order valence-corrected chi connectivity index (χ2v) is 5.25.